The first-order valence-electron chi connectivity index (χ1n) is 10.6. The number of benzene rings is 2. The summed E-state index contributed by atoms with van der Waals surface area (Å²) in [5, 5.41) is 17.6. The van der Waals surface area contributed by atoms with Crippen molar-refractivity contribution in [3.63, 3.8) is 0 Å². The number of carboxylic acid groups (broad SMARTS) is 2. The van der Waals surface area contributed by atoms with Crippen molar-refractivity contribution in [1.29, 1.82) is 0 Å². The fraction of sp³-hybridized carbons (Fsp3) is 0.263. The zero-order valence-electron chi connectivity index (χ0n) is 20.5. The van der Waals surface area contributed by atoms with Crippen molar-refractivity contribution >= 4 is 11.9 Å². The van der Waals surface area contributed by atoms with E-state index in [0.717, 1.165) is 24.3 Å². The summed E-state index contributed by atoms with van der Waals surface area (Å²) in [6.07, 6.45) is -6.76. The number of alkyl halides is 3. The molecule has 0 radical (unpaired) electrons. The molecule has 0 heterocycles. The SMILES string of the molecule is O=C(O)C(=O)O.[2H]c1c([2H])c([2H])c(C([2H])(CCNC)Oc2ccc(C(F)(F)F)cc2)c([2H])c1[2H]. The van der Waals surface area contributed by atoms with Crippen LogP contribution in [0.15, 0.2) is 54.5 Å². The lowest BCUT2D eigenvalue weighted by atomic mass is 10.1. The maximum Gasteiger partial charge on any atom is 0.416 e. The molecule has 0 saturated heterocycles. The highest BCUT2D eigenvalue weighted by Gasteiger charge is 2.30. The Labute approximate surface area is 168 Å². The van der Waals surface area contributed by atoms with Crippen LogP contribution in [0.5, 0.6) is 5.75 Å². The molecule has 3 N–H and O–H groups in total. The van der Waals surface area contributed by atoms with Crippen LogP contribution >= 0.6 is 0 Å². The molecule has 28 heavy (non-hydrogen) atoms. The monoisotopic (exact) mass is 405 g/mol. The predicted octanol–water partition coefficient (Wildman–Crippen LogP) is 3.59. The minimum atomic E-state index is -4.53. The molecule has 1 atom stereocenters. The third kappa shape index (κ3) is 8.09. The van der Waals surface area contributed by atoms with Crippen molar-refractivity contribution in [2.75, 3.05) is 13.6 Å². The standard InChI is InChI=1S/C17H18F3NO.C2H2O4/c1-21-12-11-16(13-5-3-2-4-6-13)22-15-9-7-14(8-10-15)17(18,19)20;3-1(4)2(5)6/h2-10,16,21H,11-12H2,1H3;(H,3,4)(H,5,6)/i2D,3D,4D,5D,6D,16D;. The van der Waals surface area contributed by atoms with Crippen molar-refractivity contribution in [2.45, 2.75) is 18.7 Å². The van der Waals surface area contributed by atoms with E-state index in [4.69, 9.17) is 32.8 Å². The average molecular weight is 405 g/mol. The maximum absolute atomic E-state index is 12.7. The first-order valence-corrected chi connectivity index (χ1v) is 7.61. The molecule has 9 heteroatoms. The number of nitrogens with one attached hydrogen (secondary N) is 1. The van der Waals surface area contributed by atoms with E-state index < -0.39 is 60.0 Å². The number of rotatable bonds is 6. The largest absolute Gasteiger partial charge is 0.486 e. The van der Waals surface area contributed by atoms with Crippen LogP contribution < -0.4 is 10.1 Å². The van der Waals surface area contributed by atoms with Gasteiger partial charge in [-0.3, -0.25) is 0 Å². The highest BCUT2D eigenvalue weighted by atomic mass is 19.4. The number of carboxylic acids is 2. The summed E-state index contributed by atoms with van der Waals surface area (Å²) in [6.45, 7) is 0.201. The second kappa shape index (κ2) is 10.9. The van der Waals surface area contributed by atoms with Gasteiger partial charge >= 0.3 is 18.1 Å². The van der Waals surface area contributed by atoms with E-state index in [9.17, 15) is 13.2 Å². The van der Waals surface area contributed by atoms with Gasteiger partial charge in [0.2, 0.25) is 0 Å². The minimum Gasteiger partial charge on any atom is -0.486 e. The van der Waals surface area contributed by atoms with Gasteiger partial charge in [0, 0.05) is 6.42 Å². The van der Waals surface area contributed by atoms with Gasteiger partial charge < -0.3 is 20.3 Å². The van der Waals surface area contributed by atoms with Crippen LogP contribution in [0.1, 0.15) is 31.9 Å². The smallest absolute Gasteiger partial charge is 0.416 e. The van der Waals surface area contributed by atoms with Crippen molar-refractivity contribution in [1.82, 2.24) is 5.32 Å². The molecule has 0 bridgehead atoms. The zero-order valence-corrected chi connectivity index (χ0v) is 14.5. The van der Waals surface area contributed by atoms with Crippen molar-refractivity contribution in [3.8, 4) is 5.75 Å². The van der Waals surface area contributed by atoms with Gasteiger partial charge in [-0.05, 0) is 43.4 Å². The van der Waals surface area contributed by atoms with E-state index in [1.807, 2.05) is 0 Å². The van der Waals surface area contributed by atoms with Crippen LogP contribution in [0, 0.1) is 0 Å². The molecule has 1 unspecified atom stereocenters. The Balaban J connectivity index is 0.000000852. The molecule has 2 aromatic rings. The van der Waals surface area contributed by atoms with E-state index in [0.29, 0.717) is 0 Å². The summed E-state index contributed by atoms with van der Waals surface area (Å²) in [5.41, 5.74) is -1.28. The van der Waals surface area contributed by atoms with Crippen LogP contribution in [0.3, 0.4) is 0 Å². The zero-order chi connectivity index (χ0) is 26.4. The number of halogens is 3. The molecule has 0 amide bonds. The molecule has 0 aliphatic rings. The Kier molecular flexibility index (Phi) is 5.82. The summed E-state index contributed by atoms with van der Waals surface area (Å²) >= 11 is 0. The van der Waals surface area contributed by atoms with E-state index in [1.165, 1.54) is 0 Å². The number of aliphatic carboxylic acids is 2. The summed E-state index contributed by atoms with van der Waals surface area (Å²) in [7, 11) is 1.60. The van der Waals surface area contributed by atoms with E-state index in [1.54, 1.807) is 7.05 Å². The number of ether oxygens (including phenoxy) is 1. The number of carbonyl (C=O) groups is 2. The molecule has 0 aliphatic heterocycles. The molecule has 0 fully saturated rings. The van der Waals surface area contributed by atoms with Gasteiger partial charge in [-0.2, -0.15) is 13.2 Å². The average Bonchev–Trinajstić information content (AvgIpc) is 2.75. The van der Waals surface area contributed by atoms with E-state index in [-0.39, 0.29) is 24.3 Å². The number of hydrogen-bond acceptors (Lipinski definition) is 4. The molecule has 6 nitrogen and oxygen atoms in total. The fourth-order valence-corrected chi connectivity index (χ4v) is 1.71. The van der Waals surface area contributed by atoms with E-state index >= 15 is 0 Å². The first kappa shape index (κ1) is 14.9. The van der Waals surface area contributed by atoms with Gasteiger partial charge in [0.25, 0.3) is 0 Å². The van der Waals surface area contributed by atoms with Crippen molar-refractivity contribution < 1.29 is 45.9 Å². The molecule has 2 aromatic carbocycles. The third-order valence-electron chi connectivity index (χ3n) is 2.99. The second-order valence-corrected chi connectivity index (χ2v) is 5.01. The number of hydrogen-bond donors (Lipinski definition) is 3. The van der Waals surface area contributed by atoms with Gasteiger partial charge in [0.05, 0.1) is 13.8 Å². The van der Waals surface area contributed by atoms with Crippen LogP contribution in [0.25, 0.3) is 0 Å². The normalized spacial score (nSPS) is 15.9. The Morgan fingerprint density at radius 1 is 1.14 bits per heavy atom. The third-order valence-corrected chi connectivity index (χ3v) is 2.99. The minimum absolute atomic E-state index is 0.0917. The Morgan fingerprint density at radius 3 is 2.11 bits per heavy atom. The van der Waals surface area contributed by atoms with E-state index in [2.05, 4.69) is 5.32 Å². The lowest BCUT2D eigenvalue weighted by molar-refractivity contribution is -0.159. The summed E-state index contributed by atoms with van der Waals surface area (Å²) < 4.78 is 91.8. The van der Waals surface area contributed by atoms with Crippen LogP contribution in [0.2, 0.25) is 0 Å². The van der Waals surface area contributed by atoms with Gasteiger partial charge in [0.15, 0.2) is 0 Å². The highest BCUT2D eigenvalue weighted by molar-refractivity contribution is 6.27. The summed E-state index contributed by atoms with van der Waals surface area (Å²) in [4.78, 5) is 18.2. The van der Waals surface area contributed by atoms with Gasteiger partial charge in [-0.25, -0.2) is 9.59 Å². The van der Waals surface area contributed by atoms with Crippen LogP contribution in [-0.4, -0.2) is 35.7 Å². The Hall–Kier alpha value is -3.07. The quantitative estimate of drug-likeness (QED) is 0.636. The summed E-state index contributed by atoms with van der Waals surface area (Å²) in [5.74, 6) is -3.74. The van der Waals surface area contributed by atoms with Crippen LogP contribution in [0.4, 0.5) is 13.2 Å². The highest BCUT2D eigenvalue weighted by Crippen LogP contribution is 2.31. The van der Waals surface area contributed by atoms with Gasteiger partial charge in [-0.1, -0.05) is 30.2 Å². The fourth-order valence-electron chi connectivity index (χ4n) is 1.71. The van der Waals surface area contributed by atoms with Gasteiger partial charge in [0.1, 0.15) is 11.8 Å². The maximum atomic E-state index is 12.7. The van der Waals surface area contributed by atoms with Crippen molar-refractivity contribution in [3.05, 3.63) is 65.6 Å². The Bertz CT molecular complexity index is 1010. The molecule has 0 saturated carbocycles. The molecular formula is C19H20F3NO5. The lowest BCUT2D eigenvalue weighted by Crippen LogP contribution is -2.16. The van der Waals surface area contributed by atoms with Crippen LogP contribution in [-0.2, 0) is 15.8 Å². The first-order chi connectivity index (χ1) is 15.6. The molecule has 0 aliphatic carbocycles. The topological polar surface area (TPSA) is 95.9 Å². The lowest BCUT2D eigenvalue weighted by Gasteiger charge is -2.20. The summed E-state index contributed by atoms with van der Waals surface area (Å²) in [6, 6.07) is 0.603. The van der Waals surface area contributed by atoms with Gasteiger partial charge in [-0.15, -0.1) is 0 Å². The predicted molar refractivity (Wildman–Crippen MR) is 95.1 cm³/mol. The molecule has 2 rings (SSSR count). The Morgan fingerprint density at radius 2 is 1.68 bits per heavy atom. The second-order valence-electron chi connectivity index (χ2n) is 5.01. The van der Waals surface area contributed by atoms with Crippen molar-refractivity contribution in [2.24, 2.45) is 0 Å². The molecule has 0 spiro atoms. The molecular weight excluding hydrogens is 379 g/mol. The molecule has 0 aromatic heterocycles. The molecule has 152 valence electrons.